The second kappa shape index (κ2) is 6.55. The van der Waals surface area contributed by atoms with Gasteiger partial charge in [-0.1, -0.05) is 33.6 Å². The molecule has 18 heavy (non-hydrogen) atoms. The van der Waals surface area contributed by atoms with E-state index in [-0.39, 0.29) is 23.1 Å². The van der Waals surface area contributed by atoms with E-state index in [4.69, 9.17) is 16.3 Å². The molecule has 0 heterocycles. The molecule has 0 radical (unpaired) electrons. The Labute approximate surface area is 116 Å². The number of rotatable bonds is 5. The molecule has 0 aliphatic carbocycles. The topological polar surface area (TPSA) is 78.7 Å². The van der Waals surface area contributed by atoms with Gasteiger partial charge in [0.15, 0.2) is 0 Å². The summed E-state index contributed by atoms with van der Waals surface area (Å²) in [7, 11) is 1.23. The summed E-state index contributed by atoms with van der Waals surface area (Å²) in [6, 6.07) is 4.17. The van der Waals surface area contributed by atoms with Gasteiger partial charge in [-0.15, -0.1) is 0 Å². The normalized spacial score (nSPS) is 11.7. The van der Waals surface area contributed by atoms with Crippen molar-refractivity contribution in [3.05, 3.63) is 33.3 Å². The first kappa shape index (κ1) is 14.7. The van der Waals surface area contributed by atoms with Crippen LogP contribution in [0.5, 0.6) is 5.75 Å². The number of hydrogen-bond donors (Lipinski definition) is 0. The minimum Gasteiger partial charge on any atom is -0.484 e. The minimum atomic E-state index is -0.724. The molecule has 1 atom stereocenters. The van der Waals surface area contributed by atoms with Crippen LogP contribution in [0.1, 0.15) is 0 Å². The van der Waals surface area contributed by atoms with E-state index in [9.17, 15) is 14.9 Å². The molecule has 1 aromatic carbocycles. The fourth-order valence-electron chi connectivity index (χ4n) is 1.14. The molecule has 0 saturated heterocycles. The standard InChI is InChI=1S/C10H9BrClNO5/c1-17-10(14)6(11)5-18-9-7(12)3-2-4-8(9)13(15)16/h2-4,6H,5H2,1H3. The van der Waals surface area contributed by atoms with Gasteiger partial charge in [-0.05, 0) is 6.07 Å². The maximum atomic E-state index is 11.1. The predicted molar refractivity (Wildman–Crippen MR) is 68.3 cm³/mol. The minimum absolute atomic E-state index is 0.0717. The molecule has 98 valence electrons. The first-order valence-corrected chi connectivity index (χ1v) is 6.04. The molecule has 1 unspecified atom stereocenters. The van der Waals surface area contributed by atoms with E-state index in [1.807, 2.05) is 0 Å². The van der Waals surface area contributed by atoms with Gasteiger partial charge in [0, 0.05) is 6.07 Å². The predicted octanol–water partition coefficient (Wildman–Crippen LogP) is 2.56. The van der Waals surface area contributed by atoms with Crippen molar-refractivity contribution < 1.29 is 19.2 Å². The number of halogens is 2. The number of nitrogens with zero attached hydrogens (tertiary/aromatic N) is 1. The van der Waals surface area contributed by atoms with Crippen LogP contribution < -0.4 is 4.74 Å². The van der Waals surface area contributed by atoms with Gasteiger partial charge < -0.3 is 9.47 Å². The highest BCUT2D eigenvalue weighted by molar-refractivity contribution is 9.10. The van der Waals surface area contributed by atoms with Crippen molar-refractivity contribution in [1.82, 2.24) is 0 Å². The Morgan fingerprint density at radius 3 is 2.83 bits per heavy atom. The molecule has 6 nitrogen and oxygen atoms in total. The van der Waals surface area contributed by atoms with Crippen LogP contribution >= 0.6 is 27.5 Å². The van der Waals surface area contributed by atoms with Gasteiger partial charge in [-0.2, -0.15) is 0 Å². The number of nitro groups is 1. The molecule has 0 aliphatic rings. The highest BCUT2D eigenvalue weighted by Crippen LogP contribution is 2.34. The van der Waals surface area contributed by atoms with E-state index in [1.165, 1.54) is 25.3 Å². The molecule has 0 aliphatic heterocycles. The monoisotopic (exact) mass is 337 g/mol. The van der Waals surface area contributed by atoms with Crippen LogP contribution in [0, 0.1) is 10.1 Å². The maximum Gasteiger partial charge on any atom is 0.322 e. The van der Waals surface area contributed by atoms with Crippen LogP contribution in [0.3, 0.4) is 0 Å². The van der Waals surface area contributed by atoms with Gasteiger partial charge in [-0.25, -0.2) is 0 Å². The van der Waals surface area contributed by atoms with E-state index in [0.717, 1.165) is 0 Å². The van der Waals surface area contributed by atoms with Crippen molar-refractivity contribution >= 4 is 39.2 Å². The van der Waals surface area contributed by atoms with Gasteiger partial charge in [0.25, 0.3) is 0 Å². The van der Waals surface area contributed by atoms with Crippen LogP contribution in [-0.4, -0.2) is 29.4 Å². The zero-order valence-electron chi connectivity index (χ0n) is 9.26. The first-order chi connectivity index (χ1) is 8.47. The van der Waals surface area contributed by atoms with Crippen LogP contribution in [0.2, 0.25) is 5.02 Å². The van der Waals surface area contributed by atoms with Crippen molar-refractivity contribution in [3.8, 4) is 5.75 Å². The number of methoxy groups -OCH3 is 1. The van der Waals surface area contributed by atoms with E-state index >= 15 is 0 Å². The molecule has 0 saturated carbocycles. The van der Waals surface area contributed by atoms with E-state index < -0.39 is 15.7 Å². The second-order valence-electron chi connectivity index (χ2n) is 3.15. The molecule has 0 spiro atoms. The molecule has 0 aromatic heterocycles. The number of esters is 1. The molecular formula is C10H9BrClNO5. The summed E-state index contributed by atoms with van der Waals surface area (Å²) < 4.78 is 9.67. The van der Waals surface area contributed by atoms with E-state index in [0.29, 0.717) is 0 Å². The summed E-state index contributed by atoms with van der Waals surface area (Å²) in [6.07, 6.45) is 0. The maximum absolute atomic E-state index is 11.1. The summed E-state index contributed by atoms with van der Waals surface area (Å²) in [5, 5.41) is 10.9. The van der Waals surface area contributed by atoms with Gasteiger partial charge in [0.1, 0.15) is 11.4 Å². The van der Waals surface area contributed by atoms with Gasteiger partial charge in [0.2, 0.25) is 5.75 Å². The van der Waals surface area contributed by atoms with Gasteiger partial charge >= 0.3 is 11.7 Å². The number of para-hydroxylation sites is 1. The van der Waals surface area contributed by atoms with Crippen LogP contribution in [0.15, 0.2) is 18.2 Å². The van der Waals surface area contributed by atoms with Gasteiger partial charge in [0.05, 0.1) is 17.1 Å². The fourth-order valence-corrected chi connectivity index (χ4v) is 1.68. The lowest BCUT2D eigenvalue weighted by atomic mass is 10.3. The zero-order chi connectivity index (χ0) is 13.7. The van der Waals surface area contributed by atoms with Crippen LogP contribution in [-0.2, 0) is 9.53 Å². The zero-order valence-corrected chi connectivity index (χ0v) is 11.6. The number of carbonyl (C=O) groups excluding carboxylic acids is 1. The Bertz CT molecular complexity index is 468. The van der Waals surface area contributed by atoms with Crippen molar-refractivity contribution in [3.63, 3.8) is 0 Å². The summed E-state index contributed by atoms with van der Waals surface area (Å²) in [4.78, 5) is 20.6. The van der Waals surface area contributed by atoms with E-state index in [1.54, 1.807) is 0 Å². The third-order valence-corrected chi connectivity index (χ3v) is 2.91. The molecule has 0 N–H and O–H groups in total. The SMILES string of the molecule is COC(=O)C(Br)COc1c(Cl)cccc1[N+](=O)[O-]. The third kappa shape index (κ3) is 3.58. The lowest BCUT2D eigenvalue weighted by Crippen LogP contribution is -2.23. The third-order valence-electron chi connectivity index (χ3n) is 1.97. The quantitative estimate of drug-likeness (QED) is 0.357. The largest absolute Gasteiger partial charge is 0.484 e. The molecule has 0 bridgehead atoms. The Morgan fingerprint density at radius 2 is 2.28 bits per heavy atom. The average Bonchev–Trinajstić information content (AvgIpc) is 2.35. The van der Waals surface area contributed by atoms with Crippen LogP contribution in [0.4, 0.5) is 5.69 Å². The van der Waals surface area contributed by atoms with E-state index in [2.05, 4.69) is 20.7 Å². The molecule has 8 heteroatoms. The van der Waals surface area contributed by atoms with Crippen LogP contribution in [0.25, 0.3) is 0 Å². The van der Waals surface area contributed by atoms with Crippen molar-refractivity contribution in [2.45, 2.75) is 4.83 Å². The highest BCUT2D eigenvalue weighted by atomic mass is 79.9. The number of ether oxygens (including phenoxy) is 2. The average molecular weight is 339 g/mol. The summed E-state index contributed by atoms with van der Waals surface area (Å²) in [6.45, 7) is -0.128. The number of carbonyl (C=O) groups is 1. The first-order valence-electron chi connectivity index (χ1n) is 4.75. The van der Waals surface area contributed by atoms with Gasteiger partial charge in [-0.3, -0.25) is 14.9 Å². The second-order valence-corrected chi connectivity index (χ2v) is 4.66. The fraction of sp³-hybridized carbons (Fsp3) is 0.300. The van der Waals surface area contributed by atoms with Crippen molar-refractivity contribution in [2.75, 3.05) is 13.7 Å². The molecular weight excluding hydrogens is 329 g/mol. The van der Waals surface area contributed by atoms with Crippen molar-refractivity contribution in [1.29, 1.82) is 0 Å². The number of nitro benzene ring substituents is 1. The Hall–Kier alpha value is -1.34. The molecule has 1 rings (SSSR count). The lowest BCUT2D eigenvalue weighted by Gasteiger charge is -2.11. The number of hydrogen-bond acceptors (Lipinski definition) is 5. The lowest BCUT2D eigenvalue weighted by molar-refractivity contribution is -0.385. The summed E-state index contributed by atoms with van der Waals surface area (Å²) in [5.74, 6) is -0.609. The number of alkyl halides is 1. The Balaban J connectivity index is 2.84. The summed E-state index contributed by atoms with van der Waals surface area (Å²) >= 11 is 8.84. The summed E-state index contributed by atoms with van der Waals surface area (Å²) in [5.41, 5.74) is -0.257. The Kier molecular flexibility index (Phi) is 5.36. The molecule has 0 fully saturated rings. The smallest absolute Gasteiger partial charge is 0.322 e. The van der Waals surface area contributed by atoms with Crippen molar-refractivity contribution in [2.24, 2.45) is 0 Å². The molecule has 0 amide bonds. The Morgan fingerprint density at radius 1 is 1.61 bits per heavy atom. The number of benzene rings is 1. The highest BCUT2D eigenvalue weighted by Gasteiger charge is 2.22. The molecule has 1 aromatic rings.